The third kappa shape index (κ3) is 2.83. The van der Waals surface area contributed by atoms with Crippen molar-refractivity contribution in [2.45, 2.75) is 26.1 Å². The van der Waals surface area contributed by atoms with Crippen molar-refractivity contribution in [1.82, 2.24) is 15.1 Å². The number of nitrogens with zero attached hydrogens (tertiary/aromatic N) is 4. The molecule has 1 aliphatic rings. The molecule has 1 fully saturated rings. The number of carbonyl (C=O) groups excluding carboxylic acids is 1. The molecule has 7 nitrogen and oxygen atoms in total. The molecule has 3 heterocycles. The minimum atomic E-state index is 0.0383. The zero-order chi connectivity index (χ0) is 18.3. The highest BCUT2D eigenvalue weighted by Crippen LogP contribution is 2.40. The van der Waals surface area contributed by atoms with Crippen LogP contribution >= 0.6 is 11.6 Å². The van der Waals surface area contributed by atoms with Gasteiger partial charge in [0, 0.05) is 24.8 Å². The van der Waals surface area contributed by atoms with Crippen LogP contribution in [0.4, 0.5) is 5.69 Å². The summed E-state index contributed by atoms with van der Waals surface area (Å²) in [4.78, 5) is 22.0. The smallest absolute Gasteiger partial charge is 0.188 e. The number of benzene rings is 1. The summed E-state index contributed by atoms with van der Waals surface area (Å²) < 4.78 is 11.3. The van der Waals surface area contributed by atoms with Gasteiger partial charge in [-0.1, -0.05) is 16.8 Å². The third-order valence-corrected chi connectivity index (χ3v) is 4.75. The summed E-state index contributed by atoms with van der Waals surface area (Å²) in [6.45, 7) is 5.28. The number of rotatable bonds is 3. The average molecular weight is 373 g/mol. The highest BCUT2D eigenvalue weighted by molar-refractivity contribution is 6.38. The van der Waals surface area contributed by atoms with Crippen molar-refractivity contribution in [1.29, 1.82) is 0 Å². The molecule has 1 aliphatic heterocycles. The number of aromatic nitrogens is 3. The molecular weight excluding hydrogens is 356 g/mol. The number of fused-ring (bicyclic) bond motifs is 1. The molecule has 0 bridgehead atoms. The molecule has 26 heavy (non-hydrogen) atoms. The molecule has 1 aromatic carbocycles. The number of morpholine rings is 1. The van der Waals surface area contributed by atoms with Crippen LogP contribution in [0.2, 0.25) is 5.02 Å². The van der Waals surface area contributed by atoms with Gasteiger partial charge in [0.25, 0.3) is 0 Å². The zero-order valence-corrected chi connectivity index (χ0v) is 15.1. The Hall–Kier alpha value is -2.51. The summed E-state index contributed by atoms with van der Waals surface area (Å²) >= 11 is 6.65. The Morgan fingerprint density at radius 1 is 1.31 bits per heavy atom. The van der Waals surface area contributed by atoms with Gasteiger partial charge in [-0.2, -0.15) is 0 Å². The van der Waals surface area contributed by atoms with Gasteiger partial charge in [-0.15, -0.1) is 0 Å². The lowest BCUT2D eigenvalue weighted by molar-refractivity contribution is -0.00524. The Morgan fingerprint density at radius 3 is 2.73 bits per heavy atom. The van der Waals surface area contributed by atoms with Crippen molar-refractivity contribution in [3.63, 3.8) is 0 Å². The summed E-state index contributed by atoms with van der Waals surface area (Å²) in [5.74, 6) is 0. The van der Waals surface area contributed by atoms with Crippen LogP contribution in [0.25, 0.3) is 22.4 Å². The molecule has 2 aromatic heterocycles. The van der Waals surface area contributed by atoms with Crippen molar-refractivity contribution in [2.75, 3.05) is 18.0 Å². The third-order valence-electron chi connectivity index (χ3n) is 4.40. The highest BCUT2D eigenvalue weighted by atomic mass is 35.5. The van der Waals surface area contributed by atoms with Crippen LogP contribution in [0, 0.1) is 0 Å². The fourth-order valence-corrected chi connectivity index (χ4v) is 3.80. The van der Waals surface area contributed by atoms with Crippen LogP contribution in [-0.4, -0.2) is 46.7 Å². The highest BCUT2D eigenvalue weighted by Gasteiger charge is 2.28. The summed E-state index contributed by atoms with van der Waals surface area (Å²) in [5.41, 5.74) is 2.72. The van der Waals surface area contributed by atoms with Crippen LogP contribution in [0.15, 0.2) is 29.2 Å². The number of halogens is 1. The van der Waals surface area contributed by atoms with Gasteiger partial charge in [-0.05, 0) is 26.0 Å². The summed E-state index contributed by atoms with van der Waals surface area (Å²) in [6.07, 6.45) is 3.94. The van der Waals surface area contributed by atoms with E-state index in [4.69, 9.17) is 20.9 Å². The van der Waals surface area contributed by atoms with E-state index in [-0.39, 0.29) is 12.2 Å². The number of ether oxygens (including phenoxy) is 1. The van der Waals surface area contributed by atoms with Gasteiger partial charge in [0.05, 0.1) is 29.0 Å². The van der Waals surface area contributed by atoms with Gasteiger partial charge in [-0.3, -0.25) is 4.79 Å². The Morgan fingerprint density at radius 2 is 2.08 bits per heavy atom. The fraction of sp³-hybridized carbons (Fsp3) is 0.333. The Balaban J connectivity index is 1.88. The lowest BCUT2D eigenvalue weighted by Gasteiger charge is -2.37. The summed E-state index contributed by atoms with van der Waals surface area (Å²) in [6, 6.07) is 3.48. The first-order valence-electron chi connectivity index (χ1n) is 8.32. The number of anilines is 1. The monoisotopic (exact) mass is 372 g/mol. The van der Waals surface area contributed by atoms with Gasteiger partial charge >= 0.3 is 0 Å². The number of hydrogen-bond acceptors (Lipinski definition) is 7. The van der Waals surface area contributed by atoms with Crippen LogP contribution in [0.1, 0.15) is 24.2 Å². The number of carbonyl (C=O) groups is 1. The molecule has 2 atom stereocenters. The molecule has 4 rings (SSSR count). The van der Waals surface area contributed by atoms with Crippen molar-refractivity contribution < 1.29 is 14.1 Å². The predicted molar refractivity (Wildman–Crippen MR) is 97.7 cm³/mol. The second kappa shape index (κ2) is 6.66. The quantitative estimate of drug-likeness (QED) is 0.652. The van der Waals surface area contributed by atoms with Crippen molar-refractivity contribution in [2.24, 2.45) is 0 Å². The van der Waals surface area contributed by atoms with E-state index < -0.39 is 0 Å². The van der Waals surface area contributed by atoms with Crippen LogP contribution in [-0.2, 0) is 4.74 Å². The second-order valence-corrected chi connectivity index (χ2v) is 6.79. The molecule has 0 radical (unpaired) electrons. The molecule has 134 valence electrons. The Bertz CT molecular complexity index is 950. The normalized spacial score (nSPS) is 20.5. The molecule has 1 saturated heterocycles. The predicted octanol–water partition coefficient (Wildman–Crippen LogP) is 3.36. The Kier molecular flexibility index (Phi) is 4.34. The van der Waals surface area contributed by atoms with E-state index in [0.717, 1.165) is 6.29 Å². The van der Waals surface area contributed by atoms with E-state index in [1.807, 2.05) is 13.8 Å². The van der Waals surface area contributed by atoms with Crippen LogP contribution in [0.3, 0.4) is 0 Å². The molecule has 3 aromatic rings. The molecule has 0 N–H and O–H groups in total. The van der Waals surface area contributed by atoms with Gasteiger partial charge in [0.1, 0.15) is 17.0 Å². The molecule has 0 saturated carbocycles. The average Bonchev–Trinajstić information content (AvgIpc) is 3.05. The maximum atomic E-state index is 11.8. The maximum absolute atomic E-state index is 11.8. The van der Waals surface area contributed by atoms with Crippen molar-refractivity contribution in [3.05, 3.63) is 35.2 Å². The van der Waals surface area contributed by atoms with Gasteiger partial charge in [0.2, 0.25) is 0 Å². The largest absolute Gasteiger partial charge is 0.372 e. The van der Waals surface area contributed by atoms with E-state index in [9.17, 15) is 4.79 Å². The minimum Gasteiger partial charge on any atom is -0.372 e. The van der Waals surface area contributed by atoms with Gasteiger partial charge in [-0.25, -0.2) is 9.97 Å². The van der Waals surface area contributed by atoms with Crippen LogP contribution < -0.4 is 4.90 Å². The first-order chi connectivity index (χ1) is 12.6. The lowest BCUT2D eigenvalue weighted by Crippen LogP contribution is -2.46. The molecule has 0 aliphatic carbocycles. The van der Waals surface area contributed by atoms with Crippen LogP contribution in [0.5, 0.6) is 0 Å². The zero-order valence-electron chi connectivity index (χ0n) is 14.3. The molecule has 0 unspecified atom stereocenters. The minimum absolute atomic E-state index is 0.0383. The first kappa shape index (κ1) is 16.9. The maximum Gasteiger partial charge on any atom is 0.188 e. The van der Waals surface area contributed by atoms with E-state index in [2.05, 4.69) is 20.0 Å². The van der Waals surface area contributed by atoms with Crippen molar-refractivity contribution >= 4 is 34.5 Å². The standard InChI is InChI=1S/C18H17ClN4O3/c1-10-6-23(7-11(2)25-10)17-12(8-24)5-13-16(14-3-4-20-9-21-14)22-26-18(13)15(17)19/h3-5,8-11H,6-7H2,1-2H3/t10-,11+. The number of aldehydes is 1. The molecule has 0 amide bonds. The molecule has 0 spiro atoms. The van der Waals surface area contributed by atoms with E-state index in [1.54, 1.807) is 18.3 Å². The topological polar surface area (TPSA) is 81.4 Å². The lowest BCUT2D eigenvalue weighted by atomic mass is 10.1. The molecule has 8 heteroatoms. The van der Waals surface area contributed by atoms with E-state index in [0.29, 0.717) is 51.7 Å². The van der Waals surface area contributed by atoms with Gasteiger partial charge in [0.15, 0.2) is 11.9 Å². The SMILES string of the molecule is C[C@@H]1CN(c2c(C=O)cc3c(-c4ccncn4)noc3c2Cl)C[C@H](C)O1. The second-order valence-electron chi connectivity index (χ2n) is 6.41. The van der Waals surface area contributed by atoms with Gasteiger partial charge < -0.3 is 14.2 Å². The summed E-state index contributed by atoms with van der Waals surface area (Å²) in [7, 11) is 0. The molecular formula is C18H17ClN4O3. The fourth-order valence-electron chi connectivity index (χ4n) is 3.43. The number of hydrogen-bond donors (Lipinski definition) is 0. The van der Waals surface area contributed by atoms with E-state index in [1.165, 1.54) is 6.33 Å². The van der Waals surface area contributed by atoms with Crippen molar-refractivity contribution in [3.8, 4) is 11.4 Å². The van der Waals surface area contributed by atoms with E-state index >= 15 is 0 Å². The Labute approximate surface area is 154 Å². The first-order valence-corrected chi connectivity index (χ1v) is 8.70. The summed E-state index contributed by atoms with van der Waals surface area (Å²) in [5, 5.41) is 5.13.